The van der Waals surface area contributed by atoms with Gasteiger partial charge in [-0.1, -0.05) is 13.8 Å². The lowest BCUT2D eigenvalue weighted by atomic mass is 10.1. The summed E-state index contributed by atoms with van der Waals surface area (Å²) in [5.74, 6) is 3.40. The van der Waals surface area contributed by atoms with Crippen LogP contribution in [0.3, 0.4) is 0 Å². The summed E-state index contributed by atoms with van der Waals surface area (Å²) in [6.07, 6.45) is 2.34. The molecule has 2 rings (SSSR count). The van der Waals surface area contributed by atoms with Gasteiger partial charge in [0.1, 0.15) is 5.82 Å². The first kappa shape index (κ1) is 16.1. The molecule has 0 spiro atoms. The largest absolute Gasteiger partial charge is 0.461 e. The molecule has 0 fully saturated rings. The van der Waals surface area contributed by atoms with E-state index in [9.17, 15) is 0 Å². The minimum atomic E-state index is 0.363. The van der Waals surface area contributed by atoms with Crippen molar-refractivity contribution in [2.24, 2.45) is 10.9 Å². The Balaban J connectivity index is 1.81. The lowest BCUT2D eigenvalue weighted by Crippen LogP contribution is -2.44. The van der Waals surface area contributed by atoms with Crippen molar-refractivity contribution >= 4 is 5.96 Å². The second-order valence-corrected chi connectivity index (χ2v) is 5.51. The van der Waals surface area contributed by atoms with E-state index < -0.39 is 0 Å². The molecule has 0 aliphatic carbocycles. The maximum atomic E-state index is 5.27. The van der Waals surface area contributed by atoms with E-state index >= 15 is 0 Å². The van der Waals surface area contributed by atoms with Crippen molar-refractivity contribution in [2.75, 3.05) is 13.6 Å². The highest BCUT2D eigenvalue weighted by atomic mass is 16.3. The molecule has 1 unspecified atom stereocenters. The first-order valence-electron chi connectivity index (χ1n) is 7.52. The molecule has 0 saturated carbocycles. The predicted molar refractivity (Wildman–Crippen MR) is 86.6 cm³/mol. The van der Waals surface area contributed by atoms with Crippen molar-refractivity contribution in [1.82, 2.24) is 25.8 Å². The number of H-pyrrole nitrogens is 1. The lowest BCUT2D eigenvalue weighted by molar-refractivity contribution is 0.481. The SMILES string of the molecule is CN=C(NCCc1nc(-c2ccco2)n[nH]1)NC(C)C(C)C. The summed E-state index contributed by atoms with van der Waals surface area (Å²) in [6, 6.07) is 4.02. The molecule has 120 valence electrons. The Kier molecular flexibility index (Phi) is 5.57. The third-order valence-corrected chi connectivity index (χ3v) is 3.52. The minimum Gasteiger partial charge on any atom is -0.461 e. The van der Waals surface area contributed by atoms with E-state index in [1.165, 1.54) is 0 Å². The number of furan rings is 1. The van der Waals surface area contributed by atoms with Gasteiger partial charge in [0.2, 0.25) is 5.82 Å². The summed E-state index contributed by atoms with van der Waals surface area (Å²) < 4.78 is 5.27. The van der Waals surface area contributed by atoms with E-state index in [1.54, 1.807) is 13.3 Å². The summed E-state index contributed by atoms with van der Waals surface area (Å²) in [5, 5.41) is 13.7. The van der Waals surface area contributed by atoms with Crippen LogP contribution in [0.25, 0.3) is 11.6 Å². The van der Waals surface area contributed by atoms with Crippen LogP contribution in [-0.4, -0.2) is 40.8 Å². The van der Waals surface area contributed by atoms with Gasteiger partial charge in [0.05, 0.1) is 6.26 Å². The maximum absolute atomic E-state index is 5.27. The van der Waals surface area contributed by atoms with Crippen molar-refractivity contribution in [1.29, 1.82) is 0 Å². The fraction of sp³-hybridized carbons (Fsp3) is 0.533. The van der Waals surface area contributed by atoms with Crippen molar-refractivity contribution in [3.05, 3.63) is 24.2 Å². The molecular formula is C15H24N6O. The van der Waals surface area contributed by atoms with Crippen molar-refractivity contribution in [3.8, 4) is 11.6 Å². The first-order chi connectivity index (χ1) is 10.6. The Morgan fingerprint density at radius 1 is 1.41 bits per heavy atom. The molecule has 2 heterocycles. The van der Waals surface area contributed by atoms with Gasteiger partial charge in [0, 0.05) is 26.1 Å². The summed E-state index contributed by atoms with van der Waals surface area (Å²) in [6.45, 7) is 7.21. The highest BCUT2D eigenvalue weighted by Gasteiger charge is 2.10. The van der Waals surface area contributed by atoms with Crippen LogP contribution in [0.4, 0.5) is 0 Å². The quantitative estimate of drug-likeness (QED) is 0.559. The third-order valence-electron chi connectivity index (χ3n) is 3.52. The molecule has 1 atom stereocenters. The number of hydrogen-bond donors (Lipinski definition) is 3. The zero-order valence-corrected chi connectivity index (χ0v) is 13.6. The van der Waals surface area contributed by atoms with Crippen molar-refractivity contribution in [2.45, 2.75) is 33.2 Å². The average Bonchev–Trinajstić information content (AvgIpc) is 3.16. The van der Waals surface area contributed by atoms with Crippen LogP contribution in [-0.2, 0) is 6.42 Å². The summed E-state index contributed by atoms with van der Waals surface area (Å²) in [4.78, 5) is 8.62. The zero-order valence-electron chi connectivity index (χ0n) is 13.6. The molecule has 2 aromatic heterocycles. The van der Waals surface area contributed by atoms with E-state index in [1.807, 2.05) is 12.1 Å². The smallest absolute Gasteiger partial charge is 0.216 e. The lowest BCUT2D eigenvalue weighted by Gasteiger charge is -2.20. The second-order valence-electron chi connectivity index (χ2n) is 5.51. The number of hydrogen-bond acceptors (Lipinski definition) is 4. The monoisotopic (exact) mass is 304 g/mol. The number of aliphatic imine (C=N–C) groups is 1. The number of nitrogens with one attached hydrogen (secondary N) is 3. The van der Waals surface area contributed by atoms with Gasteiger partial charge in [0.25, 0.3) is 0 Å². The number of aromatic nitrogens is 3. The normalized spacial score (nSPS) is 13.4. The second kappa shape index (κ2) is 7.63. The van der Waals surface area contributed by atoms with Crippen molar-refractivity contribution < 1.29 is 4.42 Å². The Labute approximate surface area is 130 Å². The van der Waals surface area contributed by atoms with Gasteiger partial charge >= 0.3 is 0 Å². The molecule has 7 nitrogen and oxygen atoms in total. The van der Waals surface area contributed by atoms with E-state index in [2.05, 4.69) is 51.6 Å². The van der Waals surface area contributed by atoms with Gasteiger partial charge < -0.3 is 15.1 Å². The Morgan fingerprint density at radius 3 is 2.86 bits per heavy atom. The first-order valence-corrected chi connectivity index (χ1v) is 7.52. The van der Waals surface area contributed by atoms with Gasteiger partial charge in [-0.3, -0.25) is 10.1 Å². The zero-order chi connectivity index (χ0) is 15.9. The maximum Gasteiger partial charge on any atom is 0.216 e. The van der Waals surface area contributed by atoms with Gasteiger partial charge in [0.15, 0.2) is 11.7 Å². The van der Waals surface area contributed by atoms with E-state index in [-0.39, 0.29) is 0 Å². The van der Waals surface area contributed by atoms with Crippen LogP contribution in [0, 0.1) is 5.92 Å². The number of aromatic amines is 1. The molecule has 0 aliphatic rings. The molecule has 0 saturated heterocycles. The third kappa shape index (κ3) is 4.34. The summed E-state index contributed by atoms with van der Waals surface area (Å²) >= 11 is 0. The molecule has 22 heavy (non-hydrogen) atoms. The highest BCUT2D eigenvalue weighted by molar-refractivity contribution is 5.79. The number of rotatable bonds is 6. The average molecular weight is 304 g/mol. The molecule has 2 aromatic rings. The molecular weight excluding hydrogens is 280 g/mol. The molecule has 0 aromatic carbocycles. The van der Waals surface area contributed by atoms with E-state index in [0.29, 0.717) is 23.5 Å². The van der Waals surface area contributed by atoms with Crippen LogP contribution < -0.4 is 10.6 Å². The summed E-state index contributed by atoms with van der Waals surface area (Å²) in [5.41, 5.74) is 0. The Morgan fingerprint density at radius 2 is 2.23 bits per heavy atom. The van der Waals surface area contributed by atoms with Crippen LogP contribution in [0.15, 0.2) is 27.8 Å². The standard InChI is InChI=1S/C15H24N6O/c1-10(2)11(3)18-15(16-4)17-8-7-13-19-14(21-20-13)12-6-5-9-22-12/h5-6,9-11H,7-8H2,1-4H3,(H2,16,17,18)(H,19,20,21). The molecule has 0 amide bonds. The Bertz CT molecular complexity index is 587. The van der Waals surface area contributed by atoms with Crippen molar-refractivity contribution in [3.63, 3.8) is 0 Å². The predicted octanol–water partition coefficient (Wildman–Crippen LogP) is 1.82. The molecule has 3 N–H and O–H groups in total. The minimum absolute atomic E-state index is 0.363. The van der Waals surface area contributed by atoms with Gasteiger partial charge in [-0.2, -0.15) is 5.10 Å². The fourth-order valence-corrected chi connectivity index (χ4v) is 1.80. The fourth-order valence-electron chi connectivity index (χ4n) is 1.80. The van der Waals surface area contributed by atoms with Crippen LogP contribution >= 0.6 is 0 Å². The number of nitrogens with zero attached hydrogens (tertiary/aromatic N) is 3. The van der Waals surface area contributed by atoms with Gasteiger partial charge in [-0.25, -0.2) is 4.98 Å². The summed E-state index contributed by atoms with van der Waals surface area (Å²) in [7, 11) is 1.77. The van der Waals surface area contributed by atoms with E-state index in [4.69, 9.17) is 4.42 Å². The number of guanidine groups is 1. The van der Waals surface area contributed by atoms with E-state index in [0.717, 1.165) is 24.7 Å². The molecule has 7 heteroatoms. The topological polar surface area (TPSA) is 91.1 Å². The van der Waals surface area contributed by atoms with Crippen LogP contribution in [0.1, 0.15) is 26.6 Å². The highest BCUT2D eigenvalue weighted by Crippen LogP contribution is 2.14. The Hall–Kier alpha value is -2.31. The van der Waals surface area contributed by atoms with Crippen LogP contribution in [0.5, 0.6) is 0 Å². The molecule has 0 aliphatic heterocycles. The van der Waals surface area contributed by atoms with Gasteiger partial charge in [-0.05, 0) is 25.0 Å². The molecule has 0 radical (unpaired) electrons. The van der Waals surface area contributed by atoms with Gasteiger partial charge in [-0.15, -0.1) is 0 Å². The van der Waals surface area contributed by atoms with Crippen LogP contribution in [0.2, 0.25) is 0 Å². The molecule has 0 bridgehead atoms.